The van der Waals surface area contributed by atoms with Crippen molar-refractivity contribution in [3.8, 4) is 0 Å². The molecule has 1 amide bonds. The average molecular weight is 300 g/mol. The maximum absolute atomic E-state index is 12.0. The highest BCUT2D eigenvalue weighted by Crippen LogP contribution is 2.12. The Balaban J connectivity index is 2.08. The minimum absolute atomic E-state index is 0.0953. The predicted molar refractivity (Wildman–Crippen MR) is 84.6 cm³/mol. The van der Waals surface area contributed by atoms with Crippen molar-refractivity contribution in [3.63, 3.8) is 0 Å². The molecule has 2 aromatic carbocycles. The molecule has 0 radical (unpaired) electrons. The smallest absolute Gasteiger partial charge is 0.251 e. The molecule has 21 heavy (non-hydrogen) atoms. The van der Waals surface area contributed by atoms with E-state index in [0.717, 1.165) is 5.56 Å². The molecule has 2 rings (SSSR count). The first-order chi connectivity index (χ1) is 10.1. The van der Waals surface area contributed by atoms with Crippen LogP contribution in [0.3, 0.4) is 0 Å². The minimum Gasteiger partial charge on any atom is -0.355 e. The highest BCUT2D eigenvalue weighted by molar-refractivity contribution is 6.30. The summed E-state index contributed by atoms with van der Waals surface area (Å²) >= 11 is 5.78. The number of hydrogen-bond donors (Lipinski definition) is 1. The predicted octanol–water partition coefficient (Wildman–Crippen LogP) is 3.60. The summed E-state index contributed by atoms with van der Waals surface area (Å²) in [5.74, 6) is -0.232. The Morgan fingerprint density at radius 3 is 2.10 bits per heavy atom. The fraction of sp³-hybridized carbons (Fsp3) is 0.0588. The summed E-state index contributed by atoms with van der Waals surface area (Å²) in [5, 5.41) is 3.15. The lowest BCUT2D eigenvalue weighted by atomic mass is 10.1. The molecule has 0 aliphatic carbocycles. The van der Waals surface area contributed by atoms with Crippen LogP contribution in [0.4, 0.5) is 0 Å². The van der Waals surface area contributed by atoms with Crippen molar-refractivity contribution in [3.05, 3.63) is 76.3 Å². The summed E-state index contributed by atoms with van der Waals surface area (Å²) in [5.41, 5.74) is 2.02. The molecule has 1 N–H and O–H groups in total. The maximum atomic E-state index is 12.0. The zero-order valence-corrected chi connectivity index (χ0v) is 12.2. The van der Waals surface area contributed by atoms with Crippen molar-refractivity contribution in [2.75, 3.05) is 7.05 Å². The van der Waals surface area contributed by atoms with E-state index in [0.29, 0.717) is 16.1 Å². The second-order valence-electron chi connectivity index (χ2n) is 4.41. The first-order valence-electron chi connectivity index (χ1n) is 6.40. The average Bonchev–Trinajstić information content (AvgIpc) is 2.53. The molecule has 4 heteroatoms. The highest BCUT2D eigenvalue weighted by Gasteiger charge is 2.03. The summed E-state index contributed by atoms with van der Waals surface area (Å²) in [7, 11) is 1.58. The third kappa shape index (κ3) is 4.04. The van der Waals surface area contributed by atoms with Gasteiger partial charge in [0.2, 0.25) is 0 Å². The van der Waals surface area contributed by atoms with Gasteiger partial charge < -0.3 is 5.32 Å². The van der Waals surface area contributed by atoms with Gasteiger partial charge in [0, 0.05) is 23.2 Å². The largest absolute Gasteiger partial charge is 0.355 e. The molecule has 0 atom stereocenters. The van der Waals surface area contributed by atoms with Gasteiger partial charge in [-0.05, 0) is 48.0 Å². The number of hydrogen-bond acceptors (Lipinski definition) is 2. The van der Waals surface area contributed by atoms with Crippen LogP contribution in [-0.4, -0.2) is 18.7 Å². The fourth-order valence-corrected chi connectivity index (χ4v) is 1.90. The number of nitrogens with one attached hydrogen (secondary N) is 1. The van der Waals surface area contributed by atoms with Gasteiger partial charge in [0.1, 0.15) is 0 Å². The van der Waals surface area contributed by atoms with E-state index < -0.39 is 0 Å². The third-order valence-corrected chi connectivity index (χ3v) is 3.21. The molecule has 0 heterocycles. The number of carbonyl (C=O) groups excluding carboxylic acids is 2. The van der Waals surface area contributed by atoms with E-state index in [1.807, 2.05) is 0 Å². The third-order valence-electron chi connectivity index (χ3n) is 2.96. The molecule has 0 aliphatic heterocycles. The Morgan fingerprint density at radius 1 is 0.952 bits per heavy atom. The number of rotatable bonds is 4. The summed E-state index contributed by atoms with van der Waals surface area (Å²) < 4.78 is 0. The summed E-state index contributed by atoms with van der Waals surface area (Å²) in [6.07, 6.45) is 3.21. The van der Waals surface area contributed by atoms with E-state index in [1.54, 1.807) is 61.7 Å². The Kier molecular flexibility index (Phi) is 4.90. The number of ketones is 1. The van der Waals surface area contributed by atoms with E-state index in [2.05, 4.69) is 5.32 Å². The normalized spacial score (nSPS) is 10.6. The van der Waals surface area contributed by atoms with Crippen molar-refractivity contribution < 1.29 is 9.59 Å². The monoisotopic (exact) mass is 299 g/mol. The minimum atomic E-state index is -0.136. The van der Waals surface area contributed by atoms with Crippen LogP contribution in [-0.2, 0) is 0 Å². The van der Waals surface area contributed by atoms with Crippen molar-refractivity contribution in [1.82, 2.24) is 5.32 Å². The van der Waals surface area contributed by atoms with Crippen LogP contribution >= 0.6 is 11.6 Å². The van der Waals surface area contributed by atoms with Crippen LogP contribution in [0.2, 0.25) is 5.02 Å². The quantitative estimate of drug-likeness (QED) is 0.692. The number of halogens is 1. The van der Waals surface area contributed by atoms with Crippen molar-refractivity contribution in [2.45, 2.75) is 0 Å². The zero-order valence-electron chi connectivity index (χ0n) is 11.5. The summed E-state index contributed by atoms with van der Waals surface area (Å²) in [6, 6.07) is 13.7. The molecule has 0 bridgehead atoms. The van der Waals surface area contributed by atoms with E-state index >= 15 is 0 Å². The maximum Gasteiger partial charge on any atom is 0.251 e. The van der Waals surface area contributed by atoms with E-state index in [9.17, 15) is 9.59 Å². The molecule has 0 saturated heterocycles. The first-order valence-corrected chi connectivity index (χ1v) is 6.78. The zero-order chi connectivity index (χ0) is 15.2. The Hall–Kier alpha value is -2.39. The van der Waals surface area contributed by atoms with Crippen LogP contribution in [0.1, 0.15) is 26.3 Å². The van der Waals surface area contributed by atoms with Gasteiger partial charge in [-0.25, -0.2) is 0 Å². The molecule has 0 fully saturated rings. The SMILES string of the molecule is CNC(=O)c1ccc(C=CC(=O)c2ccc(Cl)cc2)cc1. The lowest BCUT2D eigenvalue weighted by Gasteiger charge is -2.00. The second kappa shape index (κ2) is 6.86. The summed E-state index contributed by atoms with van der Waals surface area (Å²) in [6.45, 7) is 0. The Labute approximate surface area is 128 Å². The molecular weight excluding hydrogens is 286 g/mol. The van der Waals surface area contributed by atoms with Crippen LogP contribution < -0.4 is 5.32 Å². The van der Waals surface area contributed by atoms with Gasteiger partial charge in [-0.3, -0.25) is 9.59 Å². The lowest BCUT2D eigenvalue weighted by Crippen LogP contribution is -2.17. The van der Waals surface area contributed by atoms with Crippen molar-refractivity contribution >= 4 is 29.4 Å². The number of amides is 1. The Morgan fingerprint density at radius 2 is 1.52 bits per heavy atom. The van der Waals surface area contributed by atoms with E-state index in [1.165, 1.54) is 6.08 Å². The van der Waals surface area contributed by atoms with Gasteiger partial charge in [-0.1, -0.05) is 29.8 Å². The second-order valence-corrected chi connectivity index (χ2v) is 4.84. The standard InChI is InChI=1S/C17H14ClNO2/c1-19-17(21)14-5-2-12(3-6-14)4-11-16(20)13-7-9-15(18)10-8-13/h2-11H,1H3,(H,19,21). The molecule has 0 aliphatic rings. The number of benzene rings is 2. The van der Waals surface area contributed by atoms with Gasteiger partial charge >= 0.3 is 0 Å². The van der Waals surface area contributed by atoms with Crippen LogP contribution in [0.5, 0.6) is 0 Å². The summed E-state index contributed by atoms with van der Waals surface area (Å²) in [4.78, 5) is 23.4. The molecule has 106 valence electrons. The molecule has 2 aromatic rings. The van der Waals surface area contributed by atoms with Crippen molar-refractivity contribution in [1.29, 1.82) is 0 Å². The molecular formula is C17H14ClNO2. The van der Waals surface area contributed by atoms with Crippen LogP contribution in [0, 0.1) is 0 Å². The topological polar surface area (TPSA) is 46.2 Å². The van der Waals surface area contributed by atoms with Crippen LogP contribution in [0.25, 0.3) is 6.08 Å². The van der Waals surface area contributed by atoms with Gasteiger partial charge in [0.15, 0.2) is 5.78 Å². The number of carbonyl (C=O) groups is 2. The molecule has 0 saturated carbocycles. The van der Waals surface area contributed by atoms with E-state index in [-0.39, 0.29) is 11.7 Å². The van der Waals surface area contributed by atoms with E-state index in [4.69, 9.17) is 11.6 Å². The molecule has 3 nitrogen and oxygen atoms in total. The highest BCUT2D eigenvalue weighted by atomic mass is 35.5. The molecule has 0 spiro atoms. The van der Waals surface area contributed by atoms with Gasteiger partial charge in [0.25, 0.3) is 5.91 Å². The van der Waals surface area contributed by atoms with Gasteiger partial charge in [0.05, 0.1) is 0 Å². The first kappa shape index (κ1) is 15.0. The molecule has 0 unspecified atom stereocenters. The van der Waals surface area contributed by atoms with Gasteiger partial charge in [-0.15, -0.1) is 0 Å². The lowest BCUT2D eigenvalue weighted by molar-refractivity contribution is 0.0962. The van der Waals surface area contributed by atoms with Gasteiger partial charge in [-0.2, -0.15) is 0 Å². The van der Waals surface area contributed by atoms with Crippen molar-refractivity contribution in [2.24, 2.45) is 0 Å². The Bertz CT molecular complexity index is 673. The molecule has 0 aromatic heterocycles. The van der Waals surface area contributed by atoms with Crippen LogP contribution in [0.15, 0.2) is 54.6 Å². The fourth-order valence-electron chi connectivity index (χ4n) is 1.77. The number of allylic oxidation sites excluding steroid dienone is 1.